The summed E-state index contributed by atoms with van der Waals surface area (Å²) in [4.78, 5) is 14.6. The minimum Gasteiger partial charge on any atom is -0.470 e. The van der Waals surface area contributed by atoms with Gasteiger partial charge in [-0.2, -0.15) is 0 Å². The predicted octanol–water partition coefficient (Wildman–Crippen LogP) is 1.10. The summed E-state index contributed by atoms with van der Waals surface area (Å²) in [7, 11) is 0. The predicted molar refractivity (Wildman–Crippen MR) is 45.5 cm³/mol. The van der Waals surface area contributed by atoms with Crippen LogP contribution in [0.1, 0.15) is 6.92 Å². The fraction of sp³-hybridized carbons (Fsp3) is 0.500. The van der Waals surface area contributed by atoms with Gasteiger partial charge in [-0.25, -0.2) is 9.79 Å². The summed E-state index contributed by atoms with van der Waals surface area (Å²) in [5, 5.41) is 0. The summed E-state index contributed by atoms with van der Waals surface area (Å²) in [6.07, 6.45) is 0.913. The van der Waals surface area contributed by atoms with Crippen LogP contribution in [-0.4, -0.2) is 31.5 Å². The highest BCUT2D eigenvalue weighted by molar-refractivity contribution is 5.61. The Balaban J connectivity index is 2.39. The van der Waals surface area contributed by atoms with E-state index in [1.165, 1.54) is 12.5 Å². The maximum atomic E-state index is 10.9. The number of nitrogens with zero attached hydrogens (tertiary/aromatic N) is 1. The highest BCUT2D eigenvalue weighted by Crippen LogP contribution is 2.12. The molecular weight excluding hydrogens is 174 g/mol. The summed E-state index contributed by atoms with van der Waals surface area (Å²) in [5.41, 5.74) is 0. The summed E-state index contributed by atoms with van der Waals surface area (Å²) >= 11 is 0. The number of rotatable bonds is 3. The van der Waals surface area contributed by atoms with Gasteiger partial charge in [-0.3, -0.25) is 0 Å². The second kappa shape index (κ2) is 4.49. The molecule has 0 amide bonds. The number of carbonyl (C=O) groups excluding carboxylic acids is 1. The molecule has 0 aromatic carbocycles. The van der Waals surface area contributed by atoms with Gasteiger partial charge >= 0.3 is 6.16 Å². The fourth-order valence-corrected chi connectivity index (χ4v) is 0.837. The van der Waals surface area contributed by atoms with Crippen molar-refractivity contribution in [3.8, 4) is 0 Å². The van der Waals surface area contributed by atoms with Gasteiger partial charge < -0.3 is 14.2 Å². The summed E-state index contributed by atoms with van der Waals surface area (Å²) in [5.74, 6) is 0. The van der Waals surface area contributed by atoms with Gasteiger partial charge in [-0.15, -0.1) is 0 Å². The topological polar surface area (TPSA) is 57.1 Å². The molecule has 0 saturated carbocycles. The molecule has 0 bridgehead atoms. The first-order chi connectivity index (χ1) is 6.27. The lowest BCUT2D eigenvalue weighted by atomic mass is 10.3. The van der Waals surface area contributed by atoms with Crippen LogP contribution in [0.2, 0.25) is 0 Å². The average molecular weight is 185 g/mol. The molecule has 0 aromatic heterocycles. The smallest absolute Gasteiger partial charge is 0.470 e. The van der Waals surface area contributed by atoms with Crippen LogP contribution in [0, 0.1) is 0 Å². The molecule has 5 nitrogen and oxygen atoms in total. The molecule has 5 heteroatoms. The molecule has 0 saturated heterocycles. The Morgan fingerprint density at radius 2 is 2.62 bits per heavy atom. The summed E-state index contributed by atoms with van der Waals surface area (Å²) in [6.45, 7) is 5.48. The molecule has 0 radical (unpaired) electrons. The molecule has 0 aromatic rings. The highest BCUT2D eigenvalue weighted by Gasteiger charge is 2.27. The van der Waals surface area contributed by atoms with Crippen molar-refractivity contribution in [2.45, 2.75) is 19.3 Å². The second-order valence-electron chi connectivity index (χ2n) is 2.28. The molecule has 2 unspecified atom stereocenters. The highest BCUT2D eigenvalue weighted by atomic mass is 16.7. The van der Waals surface area contributed by atoms with E-state index in [-0.39, 0.29) is 6.61 Å². The van der Waals surface area contributed by atoms with Crippen LogP contribution in [0.15, 0.2) is 17.6 Å². The second-order valence-corrected chi connectivity index (χ2v) is 2.28. The molecular formula is C8H11NO4. The van der Waals surface area contributed by atoms with Gasteiger partial charge in [0, 0.05) is 0 Å². The summed E-state index contributed by atoms with van der Waals surface area (Å²) in [6, 6.07) is 0. The lowest BCUT2D eigenvalue weighted by Gasteiger charge is -2.13. The van der Waals surface area contributed by atoms with Crippen LogP contribution in [0.25, 0.3) is 0 Å². The molecule has 1 heterocycles. The third-order valence-electron chi connectivity index (χ3n) is 1.42. The standard InChI is InChI=1S/C8H11NO4/c1-3-6-7(9-5-12-6)13-8(10)11-4-2/h3,5-7H,1,4H2,2H3. The first-order valence-electron chi connectivity index (χ1n) is 3.91. The van der Waals surface area contributed by atoms with Crippen LogP contribution in [-0.2, 0) is 14.2 Å². The van der Waals surface area contributed by atoms with Gasteiger partial charge in [0.15, 0.2) is 12.5 Å². The Morgan fingerprint density at radius 1 is 1.85 bits per heavy atom. The van der Waals surface area contributed by atoms with Crippen molar-refractivity contribution in [1.29, 1.82) is 0 Å². The molecule has 2 atom stereocenters. The Kier molecular flexibility index (Phi) is 3.31. The minimum absolute atomic E-state index is 0.273. The molecule has 13 heavy (non-hydrogen) atoms. The first-order valence-corrected chi connectivity index (χ1v) is 3.91. The van der Waals surface area contributed by atoms with E-state index in [2.05, 4.69) is 16.3 Å². The largest absolute Gasteiger partial charge is 0.510 e. The van der Waals surface area contributed by atoms with Crippen molar-refractivity contribution in [2.24, 2.45) is 4.99 Å². The number of hydrogen-bond donors (Lipinski definition) is 0. The van der Waals surface area contributed by atoms with Crippen molar-refractivity contribution < 1.29 is 19.0 Å². The third kappa shape index (κ3) is 2.47. The van der Waals surface area contributed by atoms with Crippen molar-refractivity contribution in [2.75, 3.05) is 6.61 Å². The number of carbonyl (C=O) groups is 1. The van der Waals surface area contributed by atoms with Crippen molar-refractivity contribution >= 4 is 12.6 Å². The van der Waals surface area contributed by atoms with Gasteiger partial charge in [0.1, 0.15) is 0 Å². The first kappa shape index (κ1) is 9.57. The van der Waals surface area contributed by atoms with Crippen LogP contribution in [0.4, 0.5) is 4.79 Å². The maximum Gasteiger partial charge on any atom is 0.510 e. The zero-order valence-electron chi connectivity index (χ0n) is 7.30. The molecule has 0 fully saturated rings. The van der Waals surface area contributed by atoms with Crippen molar-refractivity contribution in [1.82, 2.24) is 0 Å². The van der Waals surface area contributed by atoms with Crippen LogP contribution >= 0.6 is 0 Å². The number of hydrogen-bond acceptors (Lipinski definition) is 5. The SMILES string of the molecule is C=CC1OC=NC1OC(=O)OCC. The van der Waals surface area contributed by atoms with Gasteiger partial charge in [-0.1, -0.05) is 6.58 Å². The number of ether oxygens (including phenoxy) is 3. The lowest BCUT2D eigenvalue weighted by Crippen LogP contribution is -2.26. The van der Waals surface area contributed by atoms with Crippen LogP contribution in [0.3, 0.4) is 0 Å². The van der Waals surface area contributed by atoms with E-state index in [0.717, 1.165) is 0 Å². The van der Waals surface area contributed by atoms with Crippen molar-refractivity contribution in [3.63, 3.8) is 0 Å². The Morgan fingerprint density at radius 3 is 3.23 bits per heavy atom. The Hall–Kier alpha value is -1.52. The molecule has 72 valence electrons. The van der Waals surface area contributed by atoms with E-state index in [1.807, 2.05) is 0 Å². The monoisotopic (exact) mass is 185 g/mol. The van der Waals surface area contributed by atoms with Crippen LogP contribution in [0.5, 0.6) is 0 Å². The van der Waals surface area contributed by atoms with E-state index in [9.17, 15) is 4.79 Å². The molecule has 1 aliphatic rings. The quantitative estimate of drug-likeness (QED) is 0.488. The molecule has 1 aliphatic heterocycles. The third-order valence-corrected chi connectivity index (χ3v) is 1.42. The zero-order valence-corrected chi connectivity index (χ0v) is 7.30. The Labute approximate surface area is 76.0 Å². The lowest BCUT2D eigenvalue weighted by molar-refractivity contribution is 0.00641. The molecule has 1 rings (SSSR count). The average Bonchev–Trinajstić information content (AvgIpc) is 2.52. The molecule has 0 N–H and O–H groups in total. The number of aliphatic imine (C=N–C) groups is 1. The van der Waals surface area contributed by atoms with Crippen molar-refractivity contribution in [3.05, 3.63) is 12.7 Å². The molecule has 0 spiro atoms. The maximum absolute atomic E-state index is 10.9. The summed E-state index contributed by atoms with van der Waals surface area (Å²) < 4.78 is 14.3. The normalized spacial score (nSPS) is 25.0. The zero-order chi connectivity index (χ0) is 9.68. The minimum atomic E-state index is -0.748. The van der Waals surface area contributed by atoms with Gasteiger partial charge in [0.25, 0.3) is 0 Å². The van der Waals surface area contributed by atoms with Crippen LogP contribution < -0.4 is 0 Å². The van der Waals surface area contributed by atoms with Gasteiger partial charge in [-0.05, 0) is 13.0 Å². The Bertz CT molecular complexity index is 226. The van der Waals surface area contributed by atoms with Gasteiger partial charge in [0.2, 0.25) is 6.23 Å². The van der Waals surface area contributed by atoms with E-state index >= 15 is 0 Å². The molecule has 0 aliphatic carbocycles. The van der Waals surface area contributed by atoms with E-state index in [4.69, 9.17) is 9.47 Å². The van der Waals surface area contributed by atoms with Gasteiger partial charge in [0.05, 0.1) is 6.61 Å². The van der Waals surface area contributed by atoms with E-state index < -0.39 is 18.5 Å². The fourth-order valence-electron chi connectivity index (χ4n) is 0.837. The van der Waals surface area contributed by atoms with E-state index in [0.29, 0.717) is 0 Å². The van der Waals surface area contributed by atoms with E-state index in [1.54, 1.807) is 6.92 Å².